The summed E-state index contributed by atoms with van der Waals surface area (Å²) in [6.07, 6.45) is 1.58. The molecule has 2 aromatic carbocycles. The molecule has 7 nitrogen and oxygen atoms in total. The van der Waals surface area contributed by atoms with Crippen LogP contribution in [0.4, 0.5) is 5.00 Å². The number of nitriles is 1. The third kappa shape index (κ3) is 4.60. The fourth-order valence-electron chi connectivity index (χ4n) is 4.44. The summed E-state index contributed by atoms with van der Waals surface area (Å²) in [5.74, 6) is 0.0796. The van der Waals surface area contributed by atoms with E-state index >= 15 is 0 Å². The second-order valence-corrected chi connectivity index (χ2v) is 9.29. The van der Waals surface area contributed by atoms with Crippen LogP contribution in [0.15, 0.2) is 48.5 Å². The molecule has 4 rings (SSSR count). The Morgan fingerprint density at radius 1 is 1.11 bits per heavy atom. The maximum atomic E-state index is 13.1. The second kappa shape index (κ2) is 10.2. The summed E-state index contributed by atoms with van der Waals surface area (Å²) in [5.41, 5.74) is 1.85. The lowest BCUT2D eigenvalue weighted by molar-refractivity contribution is 0.0526. The second-order valence-electron chi connectivity index (χ2n) is 8.19. The first kappa shape index (κ1) is 24.3. The lowest BCUT2D eigenvalue weighted by Crippen LogP contribution is -2.31. The van der Waals surface area contributed by atoms with Crippen molar-refractivity contribution in [3.63, 3.8) is 0 Å². The van der Waals surface area contributed by atoms with Gasteiger partial charge in [-0.2, -0.15) is 5.26 Å². The fraction of sp³-hybridized carbons (Fsp3) is 0.296. The third-order valence-electron chi connectivity index (χ3n) is 6.25. The van der Waals surface area contributed by atoms with Crippen molar-refractivity contribution in [2.45, 2.75) is 31.6 Å². The number of anilines is 1. The summed E-state index contributed by atoms with van der Waals surface area (Å²) in [5, 5.41) is 13.5. The predicted molar refractivity (Wildman–Crippen MR) is 134 cm³/mol. The number of esters is 1. The molecule has 1 unspecified atom stereocenters. The monoisotopic (exact) mass is 490 g/mol. The molecule has 1 heterocycles. The van der Waals surface area contributed by atoms with E-state index in [1.165, 1.54) is 25.6 Å². The Hall–Kier alpha value is -3.83. The van der Waals surface area contributed by atoms with Crippen molar-refractivity contribution in [3.8, 4) is 17.6 Å². The van der Waals surface area contributed by atoms with Gasteiger partial charge in [0.1, 0.15) is 5.00 Å². The maximum Gasteiger partial charge on any atom is 0.341 e. The Labute approximate surface area is 208 Å². The molecule has 3 aromatic rings. The number of methoxy groups -OCH3 is 2. The highest BCUT2D eigenvalue weighted by Crippen LogP contribution is 2.45. The first-order valence-corrected chi connectivity index (χ1v) is 12.1. The molecule has 0 aliphatic heterocycles. The van der Waals surface area contributed by atoms with E-state index in [2.05, 4.69) is 11.4 Å². The zero-order valence-electron chi connectivity index (χ0n) is 19.8. The number of nitrogens with zero attached hydrogens (tertiary/aromatic N) is 1. The fourth-order valence-corrected chi connectivity index (χ4v) is 5.79. The molecular weight excluding hydrogens is 464 g/mol. The Morgan fingerprint density at radius 3 is 2.51 bits per heavy atom. The number of carbonyl (C=O) groups is 2. The van der Waals surface area contributed by atoms with E-state index < -0.39 is 11.4 Å². The molecule has 0 saturated carbocycles. The smallest absolute Gasteiger partial charge is 0.341 e. The van der Waals surface area contributed by atoms with Gasteiger partial charge in [-0.05, 0) is 49.1 Å². The third-order valence-corrected chi connectivity index (χ3v) is 7.39. The van der Waals surface area contributed by atoms with Gasteiger partial charge in [-0.3, -0.25) is 4.79 Å². The highest BCUT2D eigenvalue weighted by molar-refractivity contribution is 7.17. The largest absolute Gasteiger partial charge is 0.493 e. The molecule has 0 saturated heterocycles. The van der Waals surface area contributed by atoms with Gasteiger partial charge < -0.3 is 19.5 Å². The summed E-state index contributed by atoms with van der Waals surface area (Å²) in [6.45, 7) is 1.97. The SMILES string of the molecule is CCOC(=O)c1c(NC(=O)c2ccc(OC)c(OC)c2)sc2c1CCC(C#N)(c1ccccc1)C2. The van der Waals surface area contributed by atoms with Crippen LogP contribution in [0.3, 0.4) is 0 Å². The molecule has 180 valence electrons. The Bertz CT molecular complexity index is 1290. The van der Waals surface area contributed by atoms with Gasteiger partial charge in [0, 0.05) is 16.9 Å². The number of nitrogens with one attached hydrogen (secondary N) is 1. The number of ether oxygens (including phenoxy) is 3. The topological polar surface area (TPSA) is 97.7 Å². The molecule has 1 aromatic heterocycles. The summed E-state index contributed by atoms with van der Waals surface area (Å²) in [4.78, 5) is 27.0. The minimum atomic E-state index is -0.685. The van der Waals surface area contributed by atoms with Crippen molar-refractivity contribution in [2.24, 2.45) is 0 Å². The average Bonchev–Trinajstić information content (AvgIpc) is 3.25. The van der Waals surface area contributed by atoms with Crippen LogP contribution in [0.25, 0.3) is 0 Å². The molecule has 0 bridgehead atoms. The van der Waals surface area contributed by atoms with Gasteiger partial charge in [-0.1, -0.05) is 30.3 Å². The van der Waals surface area contributed by atoms with Crippen molar-refractivity contribution in [2.75, 3.05) is 26.1 Å². The number of thiophene rings is 1. The summed E-state index contributed by atoms with van der Waals surface area (Å²) in [7, 11) is 3.02. The molecule has 35 heavy (non-hydrogen) atoms. The van der Waals surface area contributed by atoms with Crippen molar-refractivity contribution >= 4 is 28.2 Å². The molecule has 1 aliphatic rings. The van der Waals surface area contributed by atoms with Gasteiger partial charge >= 0.3 is 5.97 Å². The van der Waals surface area contributed by atoms with E-state index in [1.807, 2.05) is 30.3 Å². The normalized spacial score (nSPS) is 16.5. The first-order valence-electron chi connectivity index (χ1n) is 11.3. The lowest BCUT2D eigenvalue weighted by atomic mass is 9.70. The van der Waals surface area contributed by atoms with Crippen LogP contribution in [0.2, 0.25) is 0 Å². The molecule has 0 spiro atoms. The molecule has 0 radical (unpaired) electrons. The number of benzene rings is 2. The van der Waals surface area contributed by atoms with Crippen LogP contribution in [0.5, 0.6) is 11.5 Å². The molecule has 1 amide bonds. The summed E-state index contributed by atoms with van der Waals surface area (Å²) >= 11 is 1.33. The van der Waals surface area contributed by atoms with E-state index in [0.717, 1.165) is 16.0 Å². The zero-order chi connectivity index (χ0) is 25.0. The quantitative estimate of drug-likeness (QED) is 0.460. The van der Waals surface area contributed by atoms with Crippen LogP contribution in [0.1, 0.15) is 50.1 Å². The Balaban J connectivity index is 1.71. The molecule has 8 heteroatoms. The van der Waals surface area contributed by atoms with Crippen molar-refractivity contribution < 1.29 is 23.8 Å². The van der Waals surface area contributed by atoms with E-state index in [0.29, 0.717) is 46.9 Å². The minimum absolute atomic E-state index is 0.221. The van der Waals surface area contributed by atoms with Crippen LogP contribution in [0, 0.1) is 11.3 Å². The van der Waals surface area contributed by atoms with Gasteiger partial charge in [-0.25, -0.2) is 4.79 Å². The number of carbonyl (C=O) groups excluding carboxylic acids is 2. The summed E-state index contributed by atoms with van der Waals surface area (Å²) in [6, 6.07) is 17.1. The number of hydrogen-bond donors (Lipinski definition) is 1. The average molecular weight is 491 g/mol. The van der Waals surface area contributed by atoms with Crippen LogP contribution < -0.4 is 14.8 Å². The van der Waals surface area contributed by atoms with Crippen LogP contribution in [-0.4, -0.2) is 32.7 Å². The van der Waals surface area contributed by atoms with E-state index in [1.54, 1.807) is 25.1 Å². The molecule has 1 N–H and O–H groups in total. The van der Waals surface area contributed by atoms with Gasteiger partial charge in [0.2, 0.25) is 0 Å². The number of fused-ring (bicyclic) bond motifs is 1. The molecular formula is C27H26N2O5S. The van der Waals surface area contributed by atoms with Gasteiger partial charge in [0.25, 0.3) is 5.91 Å². The van der Waals surface area contributed by atoms with Gasteiger partial charge in [-0.15, -0.1) is 11.3 Å². The maximum absolute atomic E-state index is 13.1. The van der Waals surface area contributed by atoms with Crippen molar-refractivity contribution in [3.05, 3.63) is 75.7 Å². The van der Waals surface area contributed by atoms with E-state index in [4.69, 9.17) is 14.2 Å². The minimum Gasteiger partial charge on any atom is -0.493 e. The van der Waals surface area contributed by atoms with Gasteiger partial charge in [0.05, 0.1) is 37.9 Å². The standard InChI is InChI=1S/C27H26N2O5S/c1-4-34-26(31)23-19-12-13-27(16-28,18-8-6-5-7-9-18)15-22(19)35-25(23)29-24(30)17-10-11-20(32-2)21(14-17)33-3/h5-11,14H,4,12-13,15H2,1-3H3,(H,29,30). The first-order chi connectivity index (χ1) is 17.0. The van der Waals surface area contributed by atoms with Crippen molar-refractivity contribution in [1.29, 1.82) is 5.26 Å². The lowest BCUT2D eigenvalue weighted by Gasteiger charge is -2.31. The number of amides is 1. The van der Waals surface area contributed by atoms with Gasteiger partial charge in [0.15, 0.2) is 11.5 Å². The predicted octanol–water partition coefficient (Wildman–Crippen LogP) is 5.14. The highest BCUT2D eigenvalue weighted by Gasteiger charge is 2.40. The number of hydrogen-bond acceptors (Lipinski definition) is 7. The Kier molecular flexibility index (Phi) is 7.08. The van der Waals surface area contributed by atoms with E-state index in [-0.39, 0.29) is 12.5 Å². The number of rotatable bonds is 7. The van der Waals surface area contributed by atoms with Crippen LogP contribution in [-0.2, 0) is 23.0 Å². The molecule has 1 atom stereocenters. The molecule has 1 aliphatic carbocycles. The Morgan fingerprint density at radius 2 is 1.86 bits per heavy atom. The molecule has 0 fully saturated rings. The zero-order valence-corrected chi connectivity index (χ0v) is 20.7. The van der Waals surface area contributed by atoms with E-state index in [9.17, 15) is 14.9 Å². The van der Waals surface area contributed by atoms with Crippen LogP contribution >= 0.6 is 11.3 Å². The highest BCUT2D eigenvalue weighted by atomic mass is 32.1. The summed E-state index contributed by atoms with van der Waals surface area (Å²) < 4.78 is 15.9. The van der Waals surface area contributed by atoms with Crippen molar-refractivity contribution in [1.82, 2.24) is 0 Å².